The number of esters is 1. The van der Waals surface area contributed by atoms with Gasteiger partial charge in [-0.1, -0.05) is 17.1 Å². The molecule has 1 unspecified atom stereocenters. The lowest BCUT2D eigenvalue weighted by Gasteiger charge is -2.12. The van der Waals surface area contributed by atoms with Gasteiger partial charge in [-0.2, -0.15) is 0 Å². The minimum atomic E-state index is -2.16. The van der Waals surface area contributed by atoms with Crippen LogP contribution >= 0.6 is 0 Å². The Morgan fingerprint density at radius 1 is 1.38 bits per heavy atom. The van der Waals surface area contributed by atoms with Gasteiger partial charge in [0.05, 0.1) is 12.7 Å². The summed E-state index contributed by atoms with van der Waals surface area (Å²) in [6, 6.07) is 3.36. The van der Waals surface area contributed by atoms with Crippen LogP contribution in [0.3, 0.4) is 0 Å². The van der Waals surface area contributed by atoms with Gasteiger partial charge in [-0.3, -0.25) is 4.21 Å². The van der Waals surface area contributed by atoms with Crippen LogP contribution in [0.15, 0.2) is 12.1 Å². The molecule has 0 heterocycles. The first kappa shape index (κ1) is 12.9. The molecule has 1 atom stereocenters. The third-order valence-electron chi connectivity index (χ3n) is 2.36. The molecule has 0 spiro atoms. The molecule has 0 radical (unpaired) electrons. The van der Waals surface area contributed by atoms with Crippen molar-refractivity contribution in [2.24, 2.45) is 0 Å². The third kappa shape index (κ3) is 2.90. The predicted molar refractivity (Wildman–Crippen MR) is 59.9 cm³/mol. The largest absolute Gasteiger partial charge is 0.772 e. The summed E-state index contributed by atoms with van der Waals surface area (Å²) in [7, 11) is 1.30. The monoisotopic (exact) mass is 241 g/mol. The third-order valence-corrected chi connectivity index (χ3v) is 2.91. The summed E-state index contributed by atoms with van der Waals surface area (Å²) in [6.45, 7) is 3.60. The van der Waals surface area contributed by atoms with Gasteiger partial charge in [0.15, 0.2) is 0 Å². The lowest BCUT2D eigenvalue weighted by Crippen LogP contribution is -2.07. The number of hydrogen-bond donors (Lipinski definition) is 0. The zero-order valence-electron chi connectivity index (χ0n) is 9.40. The number of carbonyl (C=O) groups excluding carboxylic acids is 1. The van der Waals surface area contributed by atoms with Gasteiger partial charge >= 0.3 is 5.97 Å². The van der Waals surface area contributed by atoms with Gasteiger partial charge < -0.3 is 9.29 Å². The van der Waals surface area contributed by atoms with Crippen LogP contribution < -0.4 is 0 Å². The molecule has 4 nitrogen and oxygen atoms in total. The molecule has 0 bridgehead atoms. The van der Waals surface area contributed by atoms with Gasteiger partial charge in [-0.25, -0.2) is 4.79 Å². The van der Waals surface area contributed by atoms with Gasteiger partial charge in [0.25, 0.3) is 0 Å². The standard InChI is InChI=1S/C11H14O4S/c1-7-4-8(2)10(11(12)15-3)5-9(7)6-16(13)14/h4-5H,6H2,1-3H3,(H,13,14)/p-1. The highest BCUT2D eigenvalue weighted by Crippen LogP contribution is 2.18. The smallest absolute Gasteiger partial charge is 0.338 e. The molecule has 0 N–H and O–H groups in total. The summed E-state index contributed by atoms with van der Waals surface area (Å²) >= 11 is -2.16. The van der Waals surface area contributed by atoms with Gasteiger partial charge in [-0.15, -0.1) is 0 Å². The van der Waals surface area contributed by atoms with E-state index in [4.69, 9.17) is 0 Å². The first-order valence-electron chi connectivity index (χ1n) is 4.70. The first-order chi connectivity index (χ1) is 7.45. The number of benzene rings is 1. The highest BCUT2D eigenvalue weighted by Gasteiger charge is 2.11. The molecule has 0 aliphatic rings. The van der Waals surface area contributed by atoms with E-state index in [2.05, 4.69) is 4.74 Å². The first-order valence-corrected chi connectivity index (χ1v) is 5.94. The maximum atomic E-state index is 11.4. The summed E-state index contributed by atoms with van der Waals surface area (Å²) in [5.74, 6) is -0.536. The van der Waals surface area contributed by atoms with E-state index < -0.39 is 17.0 Å². The van der Waals surface area contributed by atoms with E-state index in [-0.39, 0.29) is 5.75 Å². The van der Waals surface area contributed by atoms with E-state index in [1.54, 1.807) is 19.1 Å². The fraction of sp³-hybridized carbons (Fsp3) is 0.364. The summed E-state index contributed by atoms with van der Waals surface area (Å²) in [4.78, 5) is 11.4. The summed E-state index contributed by atoms with van der Waals surface area (Å²) < 4.78 is 25.9. The van der Waals surface area contributed by atoms with E-state index in [0.717, 1.165) is 11.1 Å². The lowest BCUT2D eigenvalue weighted by molar-refractivity contribution is 0.0600. The second kappa shape index (κ2) is 5.23. The average molecular weight is 241 g/mol. The number of hydrogen-bond acceptors (Lipinski definition) is 4. The second-order valence-electron chi connectivity index (χ2n) is 3.53. The molecule has 0 aliphatic heterocycles. The van der Waals surface area contributed by atoms with Crippen molar-refractivity contribution in [2.45, 2.75) is 19.6 Å². The number of rotatable bonds is 3. The quantitative estimate of drug-likeness (QED) is 0.593. The van der Waals surface area contributed by atoms with Crippen molar-refractivity contribution in [1.82, 2.24) is 0 Å². The van der Waals surface area contributed by atoms with Crippen molar-refractivity contribution < 1.29 is 18.3 Å². The molecule has 1 rings (SSSR count). The fourth-order valence-electron chi connectivity index (χ4n) is 1.51. The van der Waals surface area contributed by atoms with Crippen molar-refractivity contribution in [2.75, 3.05) is 7.11 Å². The molecule has 0 aromatic heterocycles. The molecule has 1 aromatic rings. The van der Waals surface area contributed by atoms with Gasteiger partial charge in [0, 0.05) is 5.75 Å². The maximum absolute atomic E-state index is 11.4. The fourth-order valence-corrected chi connectivity index (χ4v) is 2.07. The van der Waals surface area contributed by atoms with Crippen LogP contribution in [-0.2, 0) is 21.6 Å². The highest BCUT2D eigenvalue weighted by atomic mass is 32.2. The Hall–Kier alpha value is -1.20. The Labute approximate surface area is 96.9 Å². The molecule has 0 aliphatic carbocycles. The van der Waals surface area contributed by atoms with E-state index in [0.29, 0.717) is 11.1 Å². The summed E-state index contributed by atoms with van der Waals surface area (Å²) in [5.41, 5.74) is 2.67. The van der Waals surface area contributed by atoms with Crippen LogP contribution in [0.5, 0.6) is 0 Å². The van der Waals surface area contributed by atoms with Crippen LogP contribution in [0.1, 0.15) is 27.0 Å². The molecular formula is C11H13O4S-. The number of ether oxygens (including phenoxy) is 1. The minimum absolute atomic E-state index is 0.0872. The number of aryl methyl sites for hydroxylation is 2. The minimum Gasteiger partial charge on any atom is -0.772 e. The van der Waals surface area contributed by atoms with Crippen molar-refractivity contribution in [3.05, 3.63) is 34.4 Å². The summed E-state index contributed by atoms with van der Waals surface area (Å²) in [6.07, 6.45) is 0. The summed E-state index contributed by atoms with van der Waals surface area (Å²) in [5, 5.41) is 0. The zero-order chi connectivity index (χ0) is 12.3. The van der Waals surface area contributed by atoms with Crippen LogP contribution in [0.25, 0.3) is 0 Å². The SMILES string of the molecule is COC(=O)c1cc(CS(=O)[O-])c(C)cc1C. The molecule has 88 valence electrons. The van der Waals surface area contributed by atoms with E-state index in [1.165, 1.54) is 7.11 Å². The van der Waals surface area contributed by atoms with Crippen molar-refractivity contribution in [3.63, 3.8) is 0 Å². The molecule has 1 aromatic carbocycles. The molecular weight excluding hydrogens is 228 g/mol. The molecule has 0 saturated carbocycles. The van der Waals surface area contributed by atoms with Crippen LogP contribution in [0.4, 0.5) is 0 Å². The van der Waals surface area contributed by atoms with Crippen LogP contribution in [-0.4, -0.2) is 21.8 Å². The normalized spacial score (nSPS) is 12.2. The van der Waals surface area contributed by atoms with E-state index in [1.807, 2.05) is 6.92 Å². The topological polar surface area (TPSA) is 66.4 Å². The Kier molecular flexibility index (Phi) is 4.20. The van der Waals surface area contributed by atoms with Crippen molar-refractivity contribution in [3.8, 4) is 0 Å². The Bertz CT molecular complexity index is 440. The van der Waals surface area contributed by atoms with Gasteiger partial charge in [0.1, 0.15) is 0 Å². The molecule has 0 fully saturated rings. The molecule has 0 saturated heterocycles. The maximum Gasteiger partial charge on any atom is 0.338 e. The Morgan fingerprint density at radius 3 is 2.50 bits per heavy atom. The number of methoxy groups -OCH3 is 1. The van der Waals surface area contributed by atoms with E-state index in [9.17, 15) is 13.6 Å². The highest BCUT2D eigenvalue weighted by molar-refractivity contribution is 7.78. The lowest BCUT2D eigenvalue weighted by atomic mass is 10.0. The van der Waals surface area contributed by atoms with Crippen molar-refractivity contribution in [1.29, 1.82) is 0 Å². The average Bonchev–Trinajstić information content (AvgIpc) is 2.20. The van der Waals surface area contributed by atoms with Crippen LogP contribution in [0.2, 0.25) is 0 Å². The van der Waals surface area contributed by atoms with Crippen LogP contribution in [0, 0.1) is 13.8 Å². The van der Waals surface area contributed by atoms with E-state index >= 15 is 0 Å². The van der Waals surface area contributed by atoms with Crippen molar-refractivity contribution >= 4 is 17.0 Å². The molecule has 0 amide bonds. The second-order valence-corrected chi connectivity index (χ2v) is 4.43. The van der Waals surface area contributed by atoms with Gasteiger partial charge in [0.2, 0.25) is 0 Å². The molecule has 5 heteroatoms. The zero-order valence-corrected chi connectivity index (χ0v) is 10.2. The Morgan fingerprint density at radius 2 is 2.00 bits per heavy atom. The molecule has 16 heavy (non-hydrogen) atoms. The number of carbonyl (C=O) groups is 1. The predicted octanol–water partition coefficient (Wildman–Crippen LogP) is 1.47. The van der Waals surface area contributed by atoms with Gasteiger partial charge in [-0.05, 0) is 36.6 Å². The Balaban J connectivity index is 3.21.